The maximum Gasteiger partial charge on any atom is 0.355 e. The van der Waals surface area contributed by atoms with Crippen LogP contribution in [0, 0.1) is 0 Å². The van der Waals surface area contributed by atoms with E-state index in [0.717, 1.165) is 15.5 Å². The number of aryl methyl sites for hydroxylation is 1. The Hall–Kier alpha value is -3.04. The van der Waals surface area contributed by atoms with E-state index in [-0.39, 0.29) is 18.0 Å². The zero-order valence-corrected chi connectivity index (χ0v) is 17.4. The number of halogens is 1. The van der Waals surface area contributed by atoms with Crippen molar-refractivity contribution >= 4 is 55.9 Å². The number of fused-ring (bicyclic) bond motifs is 1. The molecular formula is C20H15BrN4O3S. The van der Waals surface area contributed by atoms with Gasteiger partial charge in [-0.05, 0) is 40.2 Å². The first kappa shape index (κ1) is 19.3. The fourth-order valence-electron chi connectivity index (χ4n) is 2.93. The summed E-state index contributed by atoms with van der Waals surface area (Å²) < 4.78 is 2.71. The number of nitrogens with one attached hydrogen (secondary N) is 1. The second-order valence-corrected chi connectivity index (χ2v) is 7.91. The number of benzene rings is 2. The number of para-hydroxylation sites is 3. The molecule has 0 aliphatic carbocycles. The number of imidazole rings is 1. The Morgan fingerprint density at radius 2 is 1.86 bits per heavy atom. The lowest BCUT2D eigenvalue weighted by Crippen LogP contribution is -2.15. The highest BCUT2D eigenvalue weighted by Crippen LogP contribution is 2.28. The SMILES string of the molecule is O=C(CCn1c(-c2nc(C(=O)O)cs2)nc2ccccc21)Nc1ccccc1Br. The Morgan fingerprint density at radius 1 is 1.10 bits per heavy atom. The van der Waals surface area contributed by atoms with Crippen molar-refractivity contribution < 1.29 is 14.7 Å². The highest BCUT2D eigenvalue weighted by Gasteiger charge is 2.18. The first-order valence-electron chi connectivity index (χ1n) is 8.72. The molecule has 2 aromatic heterocycles. The average Bonchev–Trinajstić information content (AvgIpc) is 3.33. The Morgan fingerprint density at radius 3 is 2.62 bits per heavy atom. The van der Waals surface area contributed by atoms with Crippen LogP contribution in [0.25, 0.3) is 21.9 Å². The third-order valence-corrected chi connectivity index (χ3v) is 5.81. The summed E-state index contributed by atoms with van der Waals surface area (Å²) in [6, 6.07) is 15.0. The fourth-order valence-corrected chi connectivity index (χ4v) is 4.10. The summed E-state index contributed by atoms with van der Waals surface area (Å²) in [5.41, 5.74) is 2.32. The molecule has 2 aromatic carbocycles. The van der Waals surface area contributed by atoms with E-state index in [2.05, 4.69) is 31.2 Å². The van der Waals surface area contributed by atoms with Crippen molar-refractivity contribution in [3.05, 3.63) is 64.1 Å². The quantitative estimate of drug-likeness (QED) is 0.427. The standard InChI is InChI=1S/C20H15BrN4O3S/c21-12-5-1-2-6-13(12)22-17(26)9-10-25-16-8-4-3-7-14(16)23-18(25)19-24-15(11-29-19)20(27)28/h1-8,11H,9-10H2,(H,22,26)(H,27,28). The fraction of sp³-hybridized carbons (Fsp3) is 0.100. The molecule has 0 aliphatic heterocycles. The minimum Gasteiger partial charge on any atom is -0.476 e. The maximum absolute atomic E-state index is 12.5. The normalized spacial score (nSPS) is 10.9. The minimum atomic E-state index is -1.08. The summed E-state index contributed by atoms with van der Waals surface area (Å²) in [6.07, 6.45) is 0.228. The molecule has 0 bridgehead atoms. The number of rotatable bonds is 6. The maximum atomic E-state index is 12.5. The first-order chi connectivity index (χ1) is 14.0. The molecular weight excluding hydrogens is 456 g/mol. The Balaban J connectivity index is 1.61. The summed E-state index contributed by atoms with van der Waals surface area (Å²) in [5, 5.41) is 14.0. The molecule has 146 valence electrons. The minimum absolute atomic E-state index is 0.0183. The smallest absolute Gasteiger partial charge is 0.355 e. The second-order valence-electron chi connectivity index (χ2n) is 6.20. The molecule has 0 atom stereocenters. The van der Waals surface area contributed by atoms with Gasteiger partial charge in [0.2, 0.25) is 5.91 Å². The Labute approximate surface area is 178 Å². The molecule has 1 amide bonds. The largest absolute Gasteiger partial charge is 0.476 e. The van der Waals surface area contributed by atoms with Crippen molar-refractivity contribution in [1.29, 1.82) is 0 Å². The van der Waals surface area contributed by atoms with E-state index in [1.165, 1.54) is 16.7 Å². The summed E-state index contributed by atoms with van der Waals surface area (Å²) in [5.74, 6) is -0.661. The third kappa shape index (κ3) is 4.06. The number of aromatic nitrogens is 3. The summed E-state index contributed by atoms with van der Waals surface area (Å²) in [7, 11) is 0. The zero-order chi connectivity index (χ0) is 20.4. The molecule has 0 saturated carbocycles. The highest BCUT2D eigenvalue weighted by atomic mass is 79.9. The van der Waals surface area contributed by atoms with Crippen LogP contribution in [0.4, 0.5) is 5.69 Å². The van der Waals surface area contributed by atoms with Crippen molar-refractivity contribution in [2.45, 2.75) is 13.0 Å². The number of hydrogen-bond acceptors (Lipinski definition) is 5. The van der Waals surface area contributed by atoms with E-state index >= 15 is 0 Å². The average molecular weight is 471 g/mol. The van der Waals surface area contributed by atoms with Crippen molar-refractivity contribution in [3.8, 4) is 10.8 Å². The van der Waals surface area contributed by atoms with Crippen LogP contribution >= 0.6 is 27.3 Å². The molecule has 0 unspecified atom stereocenters. The van der Waals surface area contributed by atoms with Crippen molar-refractivity contribution in [2.75, 3.05) is 5.32 Å². The summed E-state index contributed by atoms with van der Waals surface area (Å²) in [4.78, 5) is 32.4. The number of carbonyl (C=O) groups is 2. The molecule has 9 heteroatoms. The molecule has 0 spiro atoms. The monoisotopic (exact) mass is 470 g/mol. The number of thiazole rings is 1. The molecule has 0 aliphatic rings. The number of aromatic carboxylic acids is 1. The summed E-state index contributed by atoms with van der Waals surface area (Å²) in [6.45, 7) is 0.383. The van der Waals surface area contributed by atoms with E-state index in [9.17, 15) is 9.59 Å². The van der Waals surface area contributed by atoms with Crippen molar-refractivity contribution in [1.82, 2.24) is 14.5 Å². The van der Waals surface area contributed by atoms with Gasteiger partial charge in [-0.1, -0.05) is 24.3 Å². The molecule has 2 heterocycles. The number of carbonyl (C=O) groups excluding carboxylic acids is 1. The van der Waals surface area contributed by atoms with Gasteiger partial charge in [-0.25, -0.2) is 14.8 Å². The van der Waals surface area contributed by atoms with Gasteiger partial charge in [0, 0.05) is 22.8 Å². The topological polar surface area (TPSA) is 97.1 Å². The van der Waals surface area contributed by atoms with E-state index in [0.29, 0.717) is 23.1 Å². The lowest BCUT2D eigenvalue weighted by atomic mass is 10.3. The Kier molecular flexibility index (Phi) is 5.41. The molecule has 0 radical (unpaired) electrons. The summed E-state index contributed by atoms with van der Waals surface area (Å²) >= 11 is 4.64. The molecule has 7 nitrogen and oxygen atoms in total. The van der Waals surface area contributed by atoms with Crippen LogP contribution in [-0.2, 0) is 11.3 Å². The predicted octanol–water partition coefficient (Wildman–Crippen LogP) is 4.65. The van der Waals surface area contributed by atoms with Crippen LogP contribution in [0.3, 0.4) is 0 Å². The molecule has 4 aromatic rings. The molecule has 0 fully saturated rings. The van der Waals surface area contributed by atoms with Crippen LogP contribution in [-0.4, -0.2) is 31.5 Å². The van der Waals surface area contributed by atoms with E-state index in [1.807, 2.05) is 53.1 Å². The van der Waals surface area contributed by atoms with E-state index in [4.69, 9.17) is 5.11 Å². The van der Waals surface area contributed by atoms with Gasteiger partial charge in [0.05, 0.1) is 16.7 Å². The lowest BCUT2D eigenvalue weighted by Gasteiger charge is -2.10. The molecule has 4 rings (SSSR count). The molecule has 0 saturated heterocycles. The predicted molar refractivity (Wildman–Crippen MR) is 115 cm³/mol. The van der Waals surface area contributed by atoms with Crippen LogP contribution in [0.2, 0.25) is 0 Å². The van der Waals surface area contributed by atoms with Gasteiger partial charge in [0.1, 0.15) is 0 Å². The van der Waals surface area contributed by atoms with Crippen molar-refractivity contribution in [3.63, 3.8) is 0 Å². The van der Waals surface area contributed by atoms with Crippen molar-refractivity contribution in [2.24, 2.45) is 0 Å². The van der Waals surface area contributed by atoms with Gasteiger partial charge in [0.25, 0.3) is 0 Å². The van der Waals surface area contributed by atoms with Crippen LogP contribution in [0.15, 0.2) is 58.4 Å². The van der Waals surface area contributed by atoms with Gasteiger partial charge >= 0.3 is 5.97 Å². The van der Waals surface area contributed by atoms with Gasteiger partial charge < -0.3 is 15.0 Å². The van der Waals surface area contributed by atoms with Crippen LogP contribution < -0.4 is 5.32 Å². The highest BCUT2D eigenvalue weighted by molar-refractivity contribution is 9.10. The van der Waals surface area contributed by atoms with E-state index in [1.54, 1.807) is 0 Å². The van der Waals surface area contributed by atoms with Gasteiger partial charge in [0.15, 0.2) is 16.5 Å². The molecule has 2 N–H and O–H groups in total. The molecule has 29 heavy (non-hydrogen) atoms. The Bertz CT molecular complexity index is 1220. The number of carboxylic acid groups (broad SMARTS) is 1. The number of anilines is 1. The number of nitrogens with zero attached hydrogens (tertiary/aromatic N) is 3. The van der Waals surface area contributed by atoms with Gasteiger partial charge in [-0.2, -0.15) is 0 Å². The van der Waals surface area contributed by atoms with Crippen LogP contribution in [0.1, 0.15) is 16.9 Å². The van der Waals surface area contributed by atoms with Gasteiger partial charge in [-0.15, -0.1) is 11.3 Å². The zero-order valence-electron chi connectivity index (χ0n) is 15.0. The number of amides is 1. The van der Waals surface area contributed by atoms with Gasteiger partial charge in [-0.3, -0.25) is 4.79 Å². The number of hydrogen-bond donors (Lipinski definition) is 2. The second kappa shape index (κ2) is 8.14. The third-order valence-electron chi connectivity index (χ3n) is 4.28. The van der Waals surface area contributed by atoms with E-state index < -0.39 is 5.97 Å². The lowest BCUT2D eigenvalue weighted by molar-refractivity contribution is -0.116. The number of carboxylic acids is 1. The first-order valence-corrected chi connectivity index (χ1v) is 10.4. The van der Waals surface area contributed by atoms with Crippen LogP contribution in [0.5, 0.6) is 0 Å².